The van der Waals surface area contributed by atoms with Crippen LogP contribution in [-0.2, 0) is 9.53 Å². The first-order valence-corrected chi connectivity index (χ1v) is 11.5. The minimum absolute atomic E-state index is 0.0413. The maximum atomic E-state index is 13.4. The molecule has 1 fully saturated rings. The summed E-state index contributed by atoms with van der Waals surface area (Å²) in [6, 6.07) is 12.8. The number of nitrogens with zero attached hydrogens (tertiary/aromatic N) is 3. The number of halogens is 2. The van der Waals surface area contributed by atoms with E-state index in [0.717, 1.165) is 5.56 Å². The van der Waals surface area contributed by atoms with E-state index in [0.29, 0.717) is 45.2 Å². The predicted molar refractivity (Wildman–Crippen MR) is 133 cm³/mol. The molecule has 2 aromatic carbocycles. The summed E-state index contributed by atoms with van der Waals surface area (Å²) >= 11 is 18.5. The van der Waals surface area contributed by atoms with Crippen molar-refractivity contribution in [1.29, 1.82) is 0 Å². The second-order valence-electron chi connectivity index (χ2n) is 8.03. The highest BCUT2D eigenvalue weighted by Gasteiger charge is 2.33. The van der Waals surface area contributed by atoms with Gasteiger partial charge in [0.15, 0.2) is 5.11 Å². The first kappa shape index (κ1) is 23.0. The molecule has 1 N–H and O–H groups in total. The SMILES string of the molecule is CC1CN(C(=S)NC2N=C(c3ccccc3Cl)c3cc(Cl)ccc3N(C)C2=O)CC(C)O1. The Balaban J connectivity index is 1.75. The molecular formula is C23H24Cl2N4O2S. The number of rotatable bonds is 2. The van der Waals surface area contributed by atoms with Gasteiger partial charge in [0.2, 0.25) is 6.17 Å². The van der Waals surface area contributed by atoms with Crippen LogP contribution in [0.15, 0.2) is 47.5 Å². The third-order valence-corrected chi connectivity index (χ3v) is 6.43. The highest BCUT2D eigenvalue weighted by Crippen LogP contribution is 2.31. The molecule has 3 atom stereocenters. The number of benzodiazepines with no additional fused rings is 1. The number of aliphatic imine (C=N–C) groups is 1. The minimum atomic E-state index is -0.918. The molecule has 6 nitrogen and oxygen atoms in total. The topological polar surface area (TPSA) is 57.2 Å². The second-order valence-corrected chi connectivity index (χ2v) is 9.26. The molecule has 3 unspecified atom stereocenters. The Kier molecular flexibility index (Phi) is 6.72. The number of hydrogen-bond donors (Lipinski definition) is 1. The molecule has 2 aliphatic rings. The van der Waals surface area contributed by atoms with E-state index in [1.807, 2.05) is 43.0 Å². The van der Waals surface area contributed by atoms with Crippen LogP contribution in [0.4, 0.5) is 5.69 Å². The summed E-state index contributed by atoms with van der Waals surface area (Å²) in [5.41, 5.74) is 2.72. The average molecular weight is 491 g/mol. The summed E-state index contributed by atoms with van der Waals surface area (Å²) in [4.78, 5) is 21.8. The van der Waals surface area contributed by atoms with Gasteiger partial charge < -0.3 is 19.9 Å². The van der Waals surface area contributed by atoms with Crippen LogP contribution in [0.5, 0.6) is 0 Å². The Morgan fingerprint density at radius 2 is 1.81 bits per heavy atom. The van der Waals surface area contributed by atoms with E-state index in [-0.39, 0.29) is 18.1 Å². The molecule has 0 saturated carbocycles. The van der Waals surface area contributed by atoms with Crippen molar-refractivity contribution in [3.63, 3.8) is 0 Å². The lowest BCUT2D eigenvalue weighted by Gasteiger charge is -2.37. The molecule has 0 aromatic heterocycles. The molecule has 0 spiro atoms. The Morgan fingerprint density at radius 1 is 1.12 bits per heavy atom. The highest BCUT2D eigenvalue weighted by molar-refractivity contribution is 7.80. The number of thiocarbonyl (C=S) groups is 1. The number of amides is 1. The number of nitrogens with one attached hydrogen (secondary N) is 1. The number of fused-ring (bicyclic) bond motifs is 1. The third kappa shape index (κ3) is 4.62. The van der Waals surface area contributed by atoms with Gasteiger partial charge in [0.05, 0.1) is 23.6 Å². The van der Waals surface area contributed by atoms with Crippen molar-refractivity contribution >= 4 is 57.8 Å². The van der Waals surface area contributed by atoms with E-state index < -0.39 is 6.17 Å². The van der Waals surface area contributed by atoms with E-state index in [4.69, 9.17) is 45.1 Å². The summed E-state index contributed by atoms with van der Waals surface area (Å²) in [6.45, 7) is 5.29. The quantitative estimate of drug-likeness (QED) is 0.641. The van der Waals surface area contributed by atoms with Gasteiger partial charge in [-0.2, -0.15) is 0 Å². The summed E-state index contributed by atoms with van der Waals surface area (Å²) in [6.07, 6.45) is -0.836. The predicted octanol–water partition coefficient (Wildman–Crippen LogP) is 4.12. The molecule has 1 saturated heterocycles. The van der Waals surface area contributed by atoms with Crippen molar-refractivity contribution in [3.8, 4) is 0 Å². The van der Waals surface area contributed by atoms with Crippen molar-refractivity contribution in [2.45, 2.75) is 32.2 Å². The van der Waals surface area contributed by atoms with Crippen LogP contribution in [0, 0.1) is 0 Å². The first-order chi connectivity index (χ1) is 15.2. The monoisotopic (exact) mass is 490 g/mol. The molecule has 9 heteroatoms. The molecule has 0 bridgehead atoms. The van der Waals surface area contributed by atoms with Crippen molar-refractivity contribution in [2.75, 3.05) is 25.0 Å². The first-order valence-electron chi connectivity index (χ1n) is 10.4. The van der Waals surface area contributed by atoms with Gasteiger partial charge in [-0.3, -0.25) is 4.79 Å². The number of likely N-dealkylation sites (N-methyl/N-ethyl adjacent to an activating group) is 1. The Hall–Kier alpha value is -2.19. The van der Waals surface area contributed by atoms with Crippen molar-refractivity contribution < 1.29 is 9.53 Å². The van der Waals surface area contributed by atoms with E-state index in [1.165, 1.54) is 0 Å². The van der Waals surface area contributed by atoms with Gasteiger partial charge in [-0.05, 0) is 50.3 Å². The number of carbonyl (C=O) groups is 1. The zero-order chi connectivity index (χ0) is 23.0. The average Bonchev–Trinajstić information content (AvgIpc) is 2.84. The fourth-order valence-electron chi connectivity index (χ4n) is 4.06. The molecule has 4 rings (SSSR count). The zero-order valence-electron chi connectivity index (χ0n) is 18.0. The summed E-state index contributed by atoms with van der Waals surface area (Å²) in [5, 5.41) is 4.71. The lowest BCUT2D eigenvalue weighted by Crippen LogP contribution is -2.55. The maximum Gasteiger partial charge on any atom is 0.272 e. The Bertz CT molecular complexity index is 1080. The summed E-state index contributed by atoms with van der Waals surface area (Å²) in [7, 11) is 1.72. The molecule has 168 valence electrons. The second kappa shape index (κ2) is 9.35. The lowest BCUT2D eigenvalue weighted by molar-refractivity contribution is -0.119. The van der Waals surface area contributed by atoms with Crippen LogP contribution >= 0.6 is 35.4 Å². The molecule has 2 aliphatic heterocycles. The Labute approximate surface area is 203 Å². The lowest BCUT2D eigenvalue weighted by atomic mass is 10.00. The number of hydrogen-bond acceptors (Lipinski definition) is 4. The van der Waals surface area contributed by atoms with Crippen molar-refractivity contribution in [3.05, 3.63) is 63.6 Å². The van der Waals surface area contributed by atoms with Gasteiger partial charge >= 0.3 is 0 Å². The van der Waals surface area contributed by atoms with E-state index >= 15 is 0 Å². The fraction of sp³-hybridized carbons (Fsp3) is 0.348. The van der Waals surface area contributed by atoms with E-state index in [9.17, 15) is 4.79 Å². The minimum Gasteiger partial charge on any atom is -0.372 e. The van der Waals surface area contributed by atoms with Gasteiger partial charge in [0.25, 0.3) is 5.91 Å². The smallest absolute Gasteiger partial charge is 0.272 e. The van der Waals surface area contributed by atoms with Gasteiger partial charge in [-0.15, -0.1) is 0 Å². The molecule has 0 aliphatic carbocycles. The van der Waals surface area contributed by atoms with Crippen LogP contribution < -0.4 is 10.2 Å². The van der Waals surface area contributed by atoms with Crippen LogP contribution in [0.25, 0.3) is 0 Å². The Morgan fingerprint density at radius 3 is 2.50 bits per heavy atom. The molecule has 0 radical (unpaired) electrons. The number of ether oxygens (including phenoxy) is 1. The summed E-state index contributed by atoms with van der Waals surface area (Å²) in [5.74, 6) is -0.229. The highest BCUT2D eigenvalue weighted by atomic mass is 35.5. The van der Waals surface area contributed by atoms with Gasteiger partial charge in [0.1, 0.15) is 0 Å². The number of anilines is 1. The van der Waals surface area contributed by atoms with Crippen LogP contribution in [-0.4, -0.2) is 60.1 Å². The number of carbonyl (C=O) groups excluding carboxylic acids is 1. The van der Waals surface area contributed by atoms with Crippen LogP contribution in [0.1, 0.15) is 25.0 Å². The van der Waals surface area contributed by atoms with Gasteiger partial charge in [0, 0.05) is 41.3 Å². The van der Waals surface area contributed by atoms with Gasteiger partial charge in [-0.25, -0.2) is 4.99 Å². The fourth-order valence-corrected chi connectivity index (χ4v) is 4.72. The molecule has 1 amide bonds. The number of morpholine rings is 1. The molecule has 32 heavy (non-hydrogen) atoms. The number of benzene rings is 2. The summed E-state index contributed by atoms with van der Waals surface area (Å²) < 4.78 is 5.80. The maximum absolute atomic E-state index is 13.4. The van der Waals surface area contributed by atoms with Crippen LogP contribution in [0.2, 0.25) is 10.0 Å². The molecule has 2 aromatic rings. The van der Waals surface area contributed by atoms with E-state index in [1.54, 1.807) is 30.1 Å². The molecular weight excluding hydrogens is 467 g/mol. The van der Waals surface area contributed by atoms with Crippen molar-refractivity contribution in [1.82, 2.24) is 10.2 Å². The third-order valence-electron chi connectivity index (χ3n) is 5.49. The molecule has 2 heterocycles. The zero-order valence-corrected chi connectivity index (χ0v) is 20.3. The van der Waals surface area contributed by atoms with E-state index in [2.05, 4.69) is 5.32 Å². The van der Waals surface area contributed by atoms with Crippen molar-refractivity contribution in [2.24, 2.45) is 4.99 Å². The largest absolute Gasteiger partial charge is 0.372 e. The normalized spacial score (nSPS) is 23.3. The van der Waals surface area contributed by atoms with Crippen LogP contribution in [0.3, 0.4) is 0 Å². The standard InChI is InChI=1S/C23H24Cl2N4O2S/c1-13-11-29(12-14(2)31-13)23(32)27-21-22(30)28(3)19-9-8-15(24)10-17(19)20(26-21)16-6-4-5-7-18(16)25/h4-10,13-14,21H,11-12H2,1-3H3,(H,27,32). The van der Waals surface area contributed by atoms with Gasteiger partial charge in [-0.1, -0.05) is 41.4 Å².